The van der Waals surface area contributed by atoms with Crippen molar-refractivity contribution >= 4 is 11.7 Å². The minimum absolute atomic E-state index is 0.0251. The van der Waals surface area contributed by atoms with E-state index < -0.39 is 0 Å². The molecule has 0 aromatic carbocycles. The molecule has 116 valence electrons. The van der Waals surface area contributed by atoms with Gasteiger partial charge < -0.3 is 15.5 Å². The summed E-state index contributed by atoms with van der Waals surface area (Å²) in [6.45, 7) is 4.52. The van der Waals surface area contributed by atoms with Crippen LogP contribution in [0.4, 0.5) is 5.82 Å². The Morgan fingerprint density at radius 2 is 2.00 bits per heavy atom. The van der Waals surface area contributed by atoms with Gasteiger partial charge in [0, 0.05) is 38.9 Å². The molecule has 5 nitrogen and oxygen atoms in total. The molecule has 1 atom stereocenters. The van der Waals surface area contributed by atoms with E-state index in [0.29, 0.717) is 12.1 Å². The maximum atomic E-state index is 12.3. The summed E-state index contributed by atoms with van der Waals surface area (Å²) in [5.41, 5.74) is 6.23. The normalized spacial score (nSPS) is 17.2. The molecule has 5 heteroatoms. The Morgan fingerprint density at radius 3 is 2.52 bits per heavy atom. The molecule has 0 radical (unpaired) electrons. The van der Waals surface area contributed by atoms with Gasteiger partial charge in [0.05, 0.1) is 5.56 Å². The summed E-state index contributed by atoms with van der Waals surface area (Å²) in [6, 6.07) is 3.86. The van der Waals surface area contributed by atoms with Crippen LogP contribution in [-0.4, -0.2) is 48.5 Å². The first-order valence-electron chi connectivity index (χ1n) is 7.81. The van der Waals surface area contributed by atoms with Gasteiger partial charge in [0.1, 0.15) is 5.82 Å². The van der Waals surface area contributed by atoms with Gasteiger partial charge >= 0.3 is 0 Å². The van der Waals surface area contributed by atoms with Crippen molar-refractivity contribution < 1.29 is 4.79 Å². The maximum Gasteiger partial charge on any atom is 0.255 e. The third-order valence-electron chi connectivity index (χ3n) is 4.25. The molecule has 1 aromatic rings. The quantitative estimate of drug-likeness (QED) is 0.919. The van der Waals surface area contributed by atoms with Crippen molar-refractivity contribution in [1.82, 2.24) is 9.88 Å². The van der Waals surface area contributed by atoms with Gasteiger partial charge in [-0.25, -0.2) is 4.98 Å². The van der Waals surface area contributed by atoms with E-state index in [1.165, 1.54) is 25.7 Å². The molecule has 2 rings (SSSR count). The van der Waals surface area contributed by atoms with Crippen molar-refractivity contribution in [1.29, 1.82) is 0 Å². The Hall–Kier alpha value is -1.62. The lowest BCUT2D eigenvalue weighted by atomic mass is 10.2. The van der Waals surface area contributed by atoms with Crippen LogP contribution in [0.3, 0.4) is 0 Å². The molecule has 1 amide bonds. The van der Waals surface area contributed by atoms with Crippen molar-refractivity contribution in [2.45, 2.75) is 38.6 Å². The Bertz CT molecular complexity index is 452. The number of likely N-dealkylation sites (N-methyl/N-ethyl adjacent to an activating group) is 1. The fraction of sp³-hybridized carbons (Fsp3) is 0.625. The number of amides is 1. The van der Waals surface area contributed by atoms with E-state index in [4.69, 9.17) is 5.73 Å². The first-order chi connectivity index (χ1) is 10.1. The zero-order chi connectivity index (χ0) is 15.2. The van der Waals surface area contributed by atoms with Crippen LogP contribution >= 0.6 is 0 Å². The summed E-state index contributed by atoms with van der Waals surface area (Å²) >= 11 is 0. The Morgan fingerprint density at radius 1 is 1.33 bits per heavy atom. The third-order valence-corrected chi connectivity index (χ3v) is 4.25. The van der Waals surface area contributed by atoms with Crippen molar-refractivity contribution in [3.05, 3.63) is 23.9 Å². The highest BCUT2D eigenvalue weighted by atomic mass is 16.2. The van der Waals surface area contributed by atoms with Crippen LogP contribution in [0.1, 0.15) is 43.0 Å². The second-order valence-electron chi connectivity index (χ2n) is 5.81. The number of nitrogens with zero attached hydrogens (tertiary/aromatic N) is 3. The molecule has 0 aliphatic carbocycles. The standard InChI is InChI=1S/C16H26N4O/c1-13(11-17)19(2)16(21)14-7-8-15(18-12-14)20-9-5-3-4-6-10-20/h7-8,12-13H,3-6,9-11,17H2,1-2H3. The summed E-state index contributed by atoms with van der Waals surface area (Å²) in [7, 11) is 1.78. The molecule has 0 bridgehead atoms. The Kier molecular flexibility index (Phi) is 5.56. The van der Waals surface area contributed by atoms with Crippen LogP contribution in [-0.2, 0) is 0 Å². The fourth-order valence-electron chi connectivity index (χ4n) is 2.56. The van der Waals surface area contributed by atoms with E-state index in [2.05, 4.69) is 9.88 Å². The number of aromatic nitrogens is 1. The number of rotatable bonds is 4. The molecule has 1 unspecified atom stereocenters. The molecule has 2 N–H and O–H groups in total. The smallest absolute Gasteiger partial charge is 0.255 e. The molecule has 2 heterocycles. The molecule has 0 spiro atoms. The van der Waals surface area contributed by atoms with E-state index in [9.17, 15) is 4.79 Å². The molecule has 1 aromatic heterocycles. The molecule has 1 saturated heterocycles. The summed E-state index contributed by atoms with van der Waals surface area (Å²) in [5, 5.41) is 0. The average Bonchev–Trinajstić information content (AvgIpc) is 2.82. The summed E-state index contributed by atoms with van der Waals surface area (Å²) in [4.78, 5) is 20.8. The SMILES string of the molecule is CC(CN)N(C)C(=O)c1ccc(N2CCCCCC2)nc1. The Labute approximate surface area is 127 Å². The van der Waals surface area contributed by atoms with Gasteiger partial charge in [0.25, 0.3) is 5.91 Å². The fourth-order valence-corrected chi connectivity index (χ4v) is 2.56. The van der Waals surface area contributed by atoms with Gasteiger partial charge in [-0.2, -0.15) is 0 Å². The highest BCUT2D eigenvalue weighted by Gasteiger charge is 2.17. The van der Waals surface area contributed by atoms with Crippen LogP contribution in [0.5, 0.6) is 0 Å². The van der Waals surface area contributed by atoms with Gasteiger partial charge in [-0.3, -0.25) is 4.79 Å². The van der Waals surface area contributed by atoms with Crippen LogP contribution in [0.2, 0.25) is 0 Å². The number of nitrogens with two attached hydrogens (primary N) is 1. The predicted octanol–water partition coefficient (Wildman–Crippen LogP) is 1.88. The van der Waals surface area contributed by atoms with E-state index in [1.807, 2.05) is 19.1 Å². The van der Waals surface area contributed by atoms with E-state index in [1.54, 1.807) is 18.1 Å². The maximum absolute atomic E-state index is 12.3. The lowest BCUT2D eigenvalue weighted by Crippen LogP contribution is -2.39. The lowest BCUT2D eigenvalue weighted by Gasteiger charge is -2.24. The van der Waals surface area contributed by atoms with E-state index in [0.717, 1.165) is 18.9 Å². The second kappa shape index (κ2) is 7.41. The van der Waals surface area contributed by atoms with E-state index >= 15 is 0 Å². The highest BCUT2D eigenvalue weighted by Crippen LogP contribution is 2.18. The van der Waals surface area contributed by atoms with Crippen molar-refractivity contribution in [2.75, 3.05) is 31.6 Å². The zero-order valence-corrected chi connectivity index (χ0v) is 13.1. The molecule has 0 saturated carbocycles. The number of carbonyl (C=O) groups excluding carboxylic acids is 1. The number of hydrogen-bond donors (Lipinski definition) is 1. The van der Waals surface area contributed by atoms with E-state index in [-0.39, 0.29) is 11.9 Å². The van der Waals surface area contributed by atoms with Gasteiger partial charge in [0.2, 0.25) is 0 Å². The molecular formula is C16H26N4O. The summed E-state index contributed by atoms with van der Waals surface area (Å²) < 4.78 is 0. The number of hydrogen-bond acceptors (Lipinski definition) is 4. The van der Waals surface area contributed by atoms with Crippen LogP contribution in [0.15, 0.2) is 18.3 Å². The average molecular weight is 290 g/mol. The minimum Gasteiger partial charge on any atom is -0.357 e. The van der Waals surface area contributed by atoms with Gasteiger partial charge in [-0.05, 0) is 31.9 Å². The summed E-state index contributed by atoms with van der Waals surface area (Å²) in [6.07, 6.45) is 6.73. The summed E-state index contributed by atoms with van der Waals surface area (Å²) in [5.74, 6) is 0.950. The molecular weight excluding hydrogens is 264 g/mol. The Balaban J connectivity index is 2.05. The minimum atomic E-state index is -0.0251. The first-order valence-corrected chi connectivity index (χ1v) is 7.81. The van der Waals surface area contributed by atoms with Crippen LogP contribution < -0.4 is 10.6 Å². The van der Waals surface area contributed by atoms with Crippen molar-refractivity contribution in [2.24, 2.45) is 5.73 Å². The number of carbonyl (C=O) groups is 1. The topological polar surface area (TPSA) is 62.5 Å². The lowest BCUT2D eigenvalue weighted by molar-refractivity contribution is 0.0748. The molecule has 21 heavy (non-hydrogen) atoms. The zero-order valence-electron chi connectivity index (χ0n) is 13.1. The monoisotopic (exact) mass is 290 g/mol. The first kappa shape index (κ1) is 15.8. The van der Waals surface area contributed by atoms with Gasteiger partial charge in [0.15, 0.2) is 0 Å². The second-order valence-corrected chi connectivity index (χ2v) is 5.81. The van der Waals surface area contributed by atoms with Crippen LogP contribution in [0.25, 0.3) is 0 Å². The number of pyridine rings is 1. The van der Waals surface area contributed by atoms with Gasteiger partial charge in [-0.1, -0.05) is 12.8 Å². The predicted molar refractivity (Wildman–Crippen MR) is 85.5 cm³/mol. The van der Waals surface area contributed by atoms with Crippen molar-refractivity contribution in [3.63, 3.8) is 0 Å². The molecule has 1 aliphatic rings. The molecule has 1 aliphatic heterocycles. The highest BCUT2D eigenvalue weighted by molar-refractivity contribution is 5.94. The number of anilines is 1. The third kappa shape index (κ3) is 3.94. The van der Waals surface area contributed by atoms with Crippen LogP contribution in [0, 0.1) is 0 Å². The largest absolute Gasteiger partial charge is 0.357 e. The van der Waals surface area contributed by atoms with Crippen molar-refractivity contribution in [3.8, 4) is 0 Å². The molecule has 1 fully saturated rings. The van der Waals surface area contributed by atoms with Gasteiger partial charge in [-0.15, -0.1) is 0 Å².